The molecule has 1 aliphatic heterocycles. The van der Waals surface area contributed by atoms with E-state index in [1.54, 1.807) is 0 Å². The molecule has 1 atom stereocenters. The van der Waals surface area contributed by atoms with Crippen molar-refractivity contribution in [2.45, 2.75) is 63.3 Å². The highest BCUT2D eigenvalue weighted by atomic mass is 32.2. The molecule has 1 saturated heterocycles. The molecule has 6 nitrogen and oxygen atoms in total. The molecule has 7 heteroatoms. The van der Waals surface area contributed by atoms with Crippen LogP contribution in [0.3, 0.4) is 0 Å². The highest BCUT2D eigenvalue weighted by molar-refractivity contribution is 7.99. The Hall–Kier alpha value is -1.86. The molecule has 27 heavy (non-hydrogen) atoms. The van der Waals surface area contributed by atoms with Gasteiger partial charge in [-0.3, -0.25) is 4.79 Å². The molecule has 2 aromatic rings. The molecule has 1 aromatic carbocycles. The number of amides is 1. The molecule has 2 aliphatic rings. The summed E-state index contributed by atoms with van der Waals surface area (Å²) in [4.78, 5) is 12.4. The SMILES string of the molecule is Cc1ccc(NC(=O)CSc2nnc(C3CC3)n2C[C@@H]2CCCO2)c(C)c1. The minimum Gasteiger partial charge on any atom is -0.376 e. The Morgan fingerprint density at radius 3 is 2.85 bits per heavy atom. The van der Waals surface area contributed by atoms with Gasteiger partial charge in [0, 0.05) is 18.2 Å². The van der Waals surface area contributed by atoms with Crippen LogP contribution >= 0.6 is 11.8 Å². The molecular formula is C20H26N4O2S. The molecule has 1 amide bonds. The second-order valence-electron chi connectivity index (χ2n) is 7.52. The van der Waals surface area contributed by atoms with Gasteiger partial charge < -0.3 is 14.6 Å². The Morgan fingerprint density at radius 1 is 1.30 bits per heavy atom. The molecule has 144 valence electrons. The third-order valence-electron chi connectivity index (χ3n) is 5.09. The van der Waals surface area contributed by atoms with E-state index in [-0.39, 0.29) is 12.0 Å². The molecule has 1 saturated carbocycles. The predicted molar refractivity (Wildman–Crippen MR) is 106 cm³/mol. The van der Waals surface area contributed by atoms with Gasteiger partial charge in [-0.2, -0.15) is 0 Å². The number of thioether (sulfide) groups is 1. The fourth-order valence-corrected chi connectivity index (χ4v) is 4.24. The lowest BCUT2D eigenvalue weighted by molar-refractivity contribution is -0.113. The maximum absolute atomic E-state index is 12.4. The lowest BCUT2D eigenvalue weighted by Crippen LogP contribution is -2.19. The lowest BCUT2D eigenvalue weighted by atomic mass is 10.1. The van der Waals surface area contributed by atoms with Gasteiger partial charge in [-0.15, -0.1) is 10.2 Å². The third-order valence-corrected chi connectivity index (χ3v) is 6.05. The van der Waals surface area contributed by atoms with Crippen LogP contribution < -0.4 is 5.32 Å². The third kappa shape index (κ3) is 4.52. The Bertz CT molecular complexity index is 825. The monoisotopic (exact) mass is 386 g/mol. The fraction of sp³-hybridized carbons (Fsp3) is 0.550. The number of rotatable bonds is 7. The summed E-state index contributed by atoms with van der Waals surface area (Å²) in [7, 11) is 0. The first kappa shape index (κ1) is 18.5. The van der Waals surface area contributed by atoms with Crippen molar-refractivity contribution in [3.05, 3.63) is 35.2 Å². The van der Waals surface area contributed by atoms with Crippen LogP contribution in [0.25, 0.3) is 0 Å². The van der Waals surface area contributed by atoms with E-state index in [1.807, 2.05) is 26.0 Å². The van der Waals surface area contributed by atoms with Gasteiger partial charge in [0.15, 0.2) is 5.16 Å². The van der Waals surface area contributed by atoms with E-state index in [0.29, 0.717) is 11.7 Å². The zero-order valence-electron chi connectivity index (χ0n) is 15.9. The largest absolute Gasteiger partial charge is 0.376 e. The Kier molecular flexibility index (Phi) is 5.50. The van der Waals surface area contributed by atoms with Crippen LogP contribution in [0, 0.1) is 13.8 Å². The molecule has 0 bridgehead atoms. The van der Waals surface area contributed by atoms with E-state index in [2.05, 4.69) is 26.1 Å². The van der Waals surface area contributed by atoms with E-state index in [9.17, 15) is 4.79 Å². The van der Waals surface area contributed by atoms with Crippen molar-refractivity contribution >= 4 is 23.4 Å². The molecule has 1 aromatic heterocycles. The average Bonchev–Trinajstić information content (AvgIpc) is 3.20. The number of hydrogen-bond acceptors (Lipinski definition) is 5. The first-order chi connectivity index (χ1) is 13.1. The summed E-state index contributed by atoms with van der Waals surface area (Å²) in [6.07, 6.45) is 4.80. The standard InChI is InChI=1S/C20H26N4O2S/c1-13-5-8-17(14(2)10-13)21-18(25)12-27-20-23-22-19(15-6-7-15)24(20)11-16-4-3-9-26-16/h5,8,10,15-16H,3-4,6-7,9,11-12H2,1-2H3,(H,21,25)/t16-/m0/s1. The van der Waals surface area contributed by atoms with Gasteiger partial charge in [0.2, 0.25) is 5.91 Å². The summed E-state index contributed by atoms with van der Waals surface area (Å²) in [5.74, 6) is 1.88. The van der Waals surface area contributed by atoms with Crippen LogP contribution in [0.2, 0.25) is 0 Å². The van der Waals surface area contributed by atoms with E-state index >= 15 is 0 Å². The molecule has 1 aliphatic carbocycles. The number of nitrogens with zero attached hydrogens (tertiary/aromatic N) is 3. The normalized spacial score (nSPS) is 19.4. The van der Waals surface area contributed by atoms with Gasteiger partial charge >= 0.3 is 0 Å². The molecule has 2 fully saturated rings. The number of aromatic nitrogens is 3. The summed E-state index contributed by atoms with van der Waals surface area (Å²) in [5.41, 5.74) is 3.13. The van der Waals surface area contributed by atoms with E-state index in [4.69, 9.17) is 4.74 Å². The lowest BCUT2D eigenvalue weighted by Gasteiger charge is -2.14. The molecule has 0 spiro atoms. The number of carbonyl (C=O) groups excluding carboxylic acids is 1. The minimum absolute atomic E-state index is 0.0217. The second-order valence-corrected chi connectivity index (χ2v) is 8.46. The summed E-state index contributed by atoms with van der Waals surface area (Å²) in [6.45, 7) is 5.69. The number of benzene rings is 1. The zero-order chi connectivity index (χ0) is 18.8. The number of hydrogen-bond donors (Lipinski definition) is 1. The number of aryl methyl sites for hydroxylation is 2. The smallest absolute Gasteiger partial charge is 0.234 e. The van der Waals surface area contributed by atoms with Crippen molar-refractivity contribution in [3.8, 4) is 0 Å². The molecule has 1 N–H and O–H groups in total. The first-order valence-corrected chi connectivity index (χ1v) is 10.6. The van der Waals surface area contributed by atoms with Crippen LogP contribution in [0.4, 0.5) is 5.69 Å². The quantitative estimate of drug-likeness (QED) is 0.735. The first-order valence-electron chi connectivity index (χ1n) is 9.65. The van der Waals surface area contributed by atoms with Gasteiger partial charge in [0.25, 0.3) is 0 Å². The fourth-order valence-electron chi connectivity index (χ4n) is 3.48. The Labute approximate surface area is 164 Å². The van der Waals surface area contributed by atoms with Gasteiger partial charge in [-0.25, -0.2) is 0 Å². The summed E-state index contributed by atoms with van der Waals surface area (Å²) in [6, 6.07) is 6.04. The molecule has 4 rings (SSSR count). The van der Waals surface area contributed by atoms with E-state index in [0.717, 1.165) is 48.2 Å². The summed E-state index contributed by atoms with van der Waals surface area (Å²) < 4.78 is 7.98. The molecule has 2 heterocycles. The molecule has 0 unspecified atom stereocenters. The number of anilines is 1. The van der Waals surface area contributed by atoms with Crippen LogP contribution in [-0.4, -0.2) is 39.1 Å². The van der Waals surface area contributed by atoms with Crippen molar-refractivity contribution < 1.29 is 9.53 Å². The van der Waals surface area contributed by atoms with Gasteiger partial charge in [-0.05, 0) is 51.2 Å². The summed E-state index contributed by atoms with van der Waals surface area (Å²) in [5, 5.41) is 12.6. The molecular weight excluding hydrogens is 360 g/mol. The second kappa shape index (κ2) is 8.02. The number of ether oxygens (including phenoxy) is 1. The van der Waals surface area contributed by atoms with Gasteiger partial charge in [0.05, 0.1) is 18.4 Å². The van der Waals surface area contributed by atoms with Crippen molar-refractivity contribution in [3.63, 3.8) is 0 Å². The summed E-state index contributed by atoms with van der Waals surface area (Å²) >= 11 is 1.45. The van der Waals surface area contributed by atoms with Crippen molar-refractivity contribution in [2.75, 3.05) is 17.7 Å². The Morgan fingerprint density at radius 2 is 2.15 bits per heavy atom. The highest BCUT2D eigenvalue weighted by Gasteiger charge is 2.32. The van der Waals surface area contributed by atoms with Crippen LogP contribution in [0.15, 0.2) is 23.4 Å². The maximum Gasteiger partial charge on any atom is 0.234 e. The van der Waals surface area contributed by atoms with Crippen molar-refractivity contribution in [1.82, 2.24) is 14.8 Å². The number of carbonyl (C=O) groups is 1. The van der Waals surface area contributed by atoms with Crippen LogP contribution in [0.1, 0.15) is 48.6 Å². The average molecular weight is 387 g/mol. The zero-order valence-corrected chi connectivity index (χ0v) is 16.7. The predicted octanol–water partition coefficient (Wildman–Crippen LogP) is 3.68. The highest BCUT2D eigenvalue weighted by Crippen LogP contribution is 2.40. The maximum atomic E-state index is 12.4. The topological polar surface area (TPSA) is 69.0 Å². The van der Waals surface area contributed by atoms with Crippen molar-refractivity contribution in [1.29, 1.82) is 0 Å². The van der Waals surface area contributed by atoms with Crippen LogP contribution in [-0.2, 0) is 16.1 Å². The van der Waals surface area contributed by atoms with Gasteiger partial charge in [-0.1, -0.05) is 29.5 Å². The molecule has 0 radical (unpaired) electrons. The van der Waals surface area contributed by atoms with Crippen molar-refractivity contribution in [2.24, 2.45) is 0 Å². The van der Waals surface area contributed by atoms with E-state index < -0.39 is 0 Å². The Balaban J connectivity index is 1.40. The van der Waals surface area contributed by atoms with Gasteiger partial charge in [0.1, 0.15) is 5.82 Å². The number of nitrogens with one attached hydrogen (secondary N) is 1. The van der Waals surface area contributed by atoms with E-state index in [1.165, 1.54) is 30.2 Å². The minimum atomic E-state index is -0.0217. The van der Waals surface area contributed by atoms with Crippen LogP contribution in [0.5, 0.6) is 0 Å².